The Hall–Kier alpha value is -3.80. The molecule has 6 heteroatoms. The van der Waals surface area contributed by atoms with Crippen molar-refractivity contribution in [3.63, 3.8) is 0 Å². The van der Waals surface area contributed by atoms with Gasteiger partial charge in [-0.3, -0.25) is 4.79 Å². The van der Waals surface area contributed by atoms with E-state index in [4.69, 9.17) is 0 Å². The third kappa shape index (κ3) is 5.48. The van der Waals surface area contributed by atoms with Crippen LogP contribution in [0.4, 0.5) is 10.5 Å². The summed E-state index contributed by atoms with van der Waals surface area (Å²) in [7, 11) is 0. The number of rotatable bonds is 6. The first-order chi connectivity index (χ1) is 17.2. The first-order valence-corrected chi connectivity index (χ1v) is 12.5. The van der Waals surface area contributed by atoms with Crippen LogP contribution in [0.25, 0.3) is 11.1 Å². The molecule has 0 atom stereocenters. The monoisotopic (exact) mass is 468 g/mol. The molecule has 0 radical (unpaired) electrons. The number of likely N-dealkylation sites (tertiary alicyclic amines) is 1. The number of amides is 3. The summed E-state index contributed by atoms with van der Waals surface area (Å²) in [6.45, 7) is 5.11. The van der Waals surface area contributed by atoms with Crippen LogP contribution in [0.5, 0.6) is 0 Å². The second-order valence-electron chi connectivity index (χ2n) is 9.24. The van der Waals surface area contributed by atoms with Gasteiger partial charge in [-0.15, -0.1) is 0 Å². The predicted molar refractivity (Wildman–Crippen MR) is 139 cm³/mol. The van der Waals surface area contributed by atoms with Gasteiger partial charge in [0.25, 0.3) is 0 Å². The van der Waals surface area contributed by atoms with Crippen molar-refractivity contribution in [2.75, 3.05) is 37.6 Å². The Bertz CT molecular complexity index is 1150. The van der Waals surface area contributed by atoms with Crippen molar-refractivity contribution in [1.82, 2.24) is 15.1 Å². The highest BCUT2D eigenvalue weighted by atomic mass is 16.2. The molecule has 2 heterocycles. The van der Waals surface area contributed by atoms with Crippen LogP contribution < -0.4 is 10.2 Å². The molecule has 1 N–H and O–H groups in total. The number of piperazine rings is 1. The lowest BCUT2D eigenvalue weighted by Crippen LogP contribution is -2.51. The van der Waals surface area contributed by atoms with Crippen LogP contribution in [0.1, 0.15) is 24.0 Å². The number of nitrogens with zero attached hydrogens (tertiary/aromatic N) is 3. The smallest absolute Gasteiger partial charge is 0.317 e. The van der Waals surface area contributed by atoms with E-state index in [1.807, 2.05) is 40.1 Å². The largest absolute Gasteiger partial charge is 0.368 e. The second-order valence-corrected chi connectivity index (χ2v) is 9.24. The molecule has 6 nitrogen and oxygen atoms in total. The van der Waals surface area contributed by atoms with E-state index in [0.717, 1.165) is 48.3 Å². The summed E-state index contributed by atoms with van der Waals surface area (Å²) in [6, 6.07) is 27.0. The molecule has 180 valence electrons. The molecular weight excluding hydrogens is 436 g/mol. The first-order valence-electron chi connectivity index (χ1n) is 12.5. The molecule has 5 rings (SSSR count). The van der Waals surface area contributed by atoms with Gasteiger partial charge >= 0.3 is 6.03 Å². The van der Waals surface area contributed by atoms with Crippen molar-refractivity contribution < 1.29 is 9.59 Å². The van der Waals surface area contributed by atoms with Crippen molar-refractivity contribution in [2.45, 2.75) is 25.9 Å². The van der Waals surface area contributed by atoms with E-state index >= 15 is 0 Å². The Morgan fingerprint density at radius 1 is 0.800 bits per heavy atom. The van der Waals surface area contributed by atoms with Gasteiger partial charge in [0.1, 0.15) is 0 Å². The molecule has 3 aromatic rings. The minimum absolute atomic E-state index is 0.0156. The maximum absolute atomic E-state index is 12.9. The minimum atomic E-state index is -0.0156. The molecule has 2 fully saturated rings. The molecule has 3 aromatic carbocycles. The summed E-state index contributed by atoms with van der Waals surface area (Å²) >= 11 is 0. The van der Waals surface area contributed by atoms with E-state index in [1.54, 1.807) is 0 Å². The number of para-hydroxylation sites is 1. The highest BCUT2D eigenvalue weighted by Gasteiger charge is 2.22. The third-order valence-electron chi connectivity index (χ3n) is 6.95. The third-order valence-corrected chi connectivity index (χ3v) is 6.95. The highest BCUT2D eigenvalue weighted by molar-refractivity contribution is 5.78. The normalized spacial score (nSPS) is 16.0. The molecule has 0 spiro atoms. The molecular formula is C29H32N4O2. The van der Waals surface area contributed by atoms with Crippen LogP contribution in [0, 0.1) is 0 Å². The van der Waals surface area contributed by atoms with Crippen molar-refractivity contribution in [3.8, 4) is 11.1 Å². The van der Waals surface area contributed by atoms with Crippen LogP contribution in [-0.4, -0.2) is 54.5 Å². The number of nitrogens with one attached hydrogen (secondary N) is 1. The van der Waals surface area contributed by atoms with Crippen molar-refractivity contribution in [1.29, 1.82) is 0 Å². The molecule has 0 aliphatic carbocycles. The van der Waals surface area contributed by atoms with Crippen LogP contribution >= 0.6 is 0 Å². The zero-order valence-electron chi connectivity index (χ0n) is 20.0. The Morgan fingerprint density at radius 2 is 1.51 bits per heavy atom. The Kier molecular flexibility index (Phi) is 6.98. The van der Waals surface area contributed by atoms with E-state index in [9.17, 15) is 9.59 Å². The Balaban J connectivity index is 1.17. The molecule has 0 saturated carbocycles. The average Bonchev–Trinajstić information content (AvgIpc) is 3.32. The van der Waals surface area contributed by atoms with Gasteiger partial charge in [0.05, 0.1) is 0 Å². The zero-order valence-corrected chi connectivity index (χ0v) is 20.0. The summed E-state index contributed by atoms with van der Waals surface area (Å²) in [4.78, 5) is 30.9. The van der Waals surface area contributed by atoms with Crippen LogP contribution in [0.15, 0.2) is 78.9 Å². The lowest BCUT2D eigenvalue weighted by atomic mass is 9.98. The zero-order chi connectivity index (χ0) is 24.0. The summed E-state index contributed by atoms with van der Waals surface area (Å²) < 4.78 is 0. The van der Waals surface area contributed by atoms with E-state index < -0.39 is 0 Å². The van der Waals surface area contributed by atoms with Gasteiger partial charge in [0.15, 0.2) is 0 Å². The van der Waals surface area contributed by atoms with Gasteiger partial charge in [0.2, 0.25) is 5.91 Å². The predicted octanol–water partition coefficient (Wildman–Crippen LogP) is 4.51. The Labute approximate surface area is 207 Å². The number of carbonyl (C=O) groups is 2. The summed E-state index contributed by atoms with van der Waals surface area (Å²) in [5, 5.41) is 3.12. The average molecular weight is 469 g/mol. The number of hydrogen-bond acceptors (Lipinski definition) is 3. The molecule has 3 amide bonds. The SMILES string of the molecule is O=C1CCCN1Cc1ccc(-c2ccccc2CNC(=O)N2CCN(c3ccccc3)CC2)cc1. The second kappa shape index (κ2) is 10.6. The van der Waals surface area contributed by atoms with E-state index in [2.05, 4.69) is 58.7 Å². The van der Waals surface area contributed by atoms with Crippen LogP contribution in [0.2, 0.25) is 0 Å². The fourth-order valence-corrected chi connectivity index (χ4v) is 4.93. The van der Waals surface area contributed by atoms with E-state index in [0.29, 0.717) is 32.6 Å². The number of hydrogen-bond donors (Lipinski definition) is 1. The maximum Gasteiger partial charge on any atom is 0.317 e. The molecule has 2 aliphatic rings. The fourth-order valence-electron chi connectivity index (χ4n) is 4.93. The van der Waals surface area contributed by atoms with E-state index in [1.165, 1.54) is 5.69 Å². The Morgan fingerprint density at radius 3 is 2.23 bits per heavy atom. The standard InChI is InChI=1S/C29H32N4O2/c34-28-11-6-16-33(28)22-23-12-14-24(15-13-23)27-10-5-4-7-25(27)21-30-29(35)32-19-17-31(18-20-32)26-8-2-1-3-9-26/h1-5,7-10,12-15H,6,11,16-22H2,(H,30,35). The summed E-state index contributed by atoms with van der Waals surface area (Å²) in [5.41, 5.74) is 5.67. The lowest BCUT2D eigenvalue weighted by molar-refractivity contribution is -0.128. The van der Waals surface area contributed by atoms with Gasteiger partial charge in [-0.05, 0) is 40.8 Å². The van der Waals surface area contributed by atoms with Gasteiger partial charge in [0, 0.05) is 57.9 Å². The van der Waals surface area contributed by atoms with Gasteiger partial charge < -0.3 is 20.0 Å². The van der Waals surface area contributed by atoms with Crippen molar-refractivity contribution in [2.24, 2.45) is 0 Å². The quantitative estimate of drug-likeness (QED) is 0.579. The molecule has 2 saturated heterocycles. The van der Waals surface area contributed by atoms with Crippen LogP contribution in [-0.2, 0) is 17.9 Å². The topological polar surface area (TPSA) is 55.9 Å². The van der Waals surface area contributed by atoms with Crippen molar-refractivity contribution in [3.05, 3.63) is 90.0 Å². The molecule has 0 unspecified atom stereocenters. The van der Waals surface area contributed by atoms with Gasteiger partial charge in [-0.2, -0.15) is 0 Å². The molecule has 0 aromatic heterocycles. The molecule has 0 bridgehead atoms. The summed E-state index contributed by atoms with van der Waals surface area (Å²) in [6.07, 6.45) is 1.62. The summed E-state index contributed by atoms with van der Waals surface area (Å²) in [5.74, 6) is 0.247. The van der Waals surface area contributed by atoms with Gasteiger partial charge in [-0.1, -0.05) is 66.7 Å². The highest BCUT2D eigenvalue weighted by Crippen LogP contribution is 2.25. The van der Waals surface area contributed by atoms with Crippen molar-refractivity contribution >= 4 is 17.6 Å². The molecule has 35 heavy (non-hydrogen) atoms. The lowest BCUT2D eigenvalue weighted by Gasteiger charge is -2.36. The first kappa shape index (κ1) is 23.0. The van der Waals surface area contributed by atoms with Crippen LogP contribution in [0.3, 0.4) is 0 Å². The fraction of sp³-hybridized carbons (Fsp3) is 0.310. The number of benzene rings is 3. The number of carbonyl (C=O) groups excluding carboxylic acids is 2. The number of anilines is 1. The maximum atomic E-state index is 12.9. The minimum Gasteiger partial charge on any atom is -0.368 e. The molecule has 2 aliphatic heterocycles. The van der Waals surface area contributed by atoms with Gasteiger partial charge in [-0.25, -0.2) is 4.79 Å². The van der Waals surface area contributed by atoms with E-state index in [-0.39, 0.29) is 11.9 Å². The number of urea groups is 1.